The van der Waals surface area contributed by atoms with E-state index in [9.17, 15) is 9.59 Å². The third kappa shape index (κ3) is 4.78. The fourth-order valence-electron chi connectivity index (χ4n) is 4.88. The van der Waals surface area contributed by atoms with Crippen LogP contribution in [-0.2, 0) is 9.59 Å². The van der Waals surface area contributed by atoms with Crippen molar-refractivity contribution in [3.8, 4) is 11.5 Å². The number of rotatable bonds is 6. The maximum atomic E-state index is 12.9. The molecule has 3 aliphatic heterocycles. The summed E-state index contributed by atoms with van der Waals surface area (Å²) in [5, 5.41) is 6.57. The van der Waals surface area contributed by atoms with Gasteiger partial charge in [-0.25, -0.2) is 0 Å². The van der Waals surface area contributed by atoms with Crippen LogP contribution in [0.3, 0.4) is 0 Å². The number of halogens is 1. The second-order valence-electron chi connectivity index (χ2n) is 8.15. The van der Waals surface area contributed by atoms with Crippen LogP contribution in [0.1, 0.15) is 38.5 Å². The SMILES string of the molecule is COc1cc(OC)cc(N2CCC(NC(=O)CC3CC4CCC(C3)N4)C2=O)c1.Cl. The van der Waals surface area contributed by atoms with Crippen LogP contribution >= 0.6 is 12.4 Å². The molecule has 3 fully saturated rings. The number of carbonyl (C=O) groups excluding carboxylic acids is 2. The minimum atomic E-state index is -0.455. The Balaban J connectivity index is 0.00000240. The summed E-state index contributed by atoms with van der Waals surface area (Å²) in [6.07, 6.45) is 5.72. The monoisotopic (exact) mass is 423 g/mol. The van der Waals surface area contributed by atoms with Crippen molar-refractivity contribution in [2.45, 2.75) is 56.7 Å². The Morgan fingerprint density at radius 2 is 1.72 bits per heavy atom. The van der Waals surface area contributed by atoms with Gasteiger partial charge < -0.3 is 25.0 Å². The van der Waals surface area contributed by atoms with Crippen LogP contribution in [0.4, 0.5) is 5.69 Å². The summed E-state index contributed by atoms with van der Waals surface area (Å²) in [6.45, 7) is 0.567. The summed E-state index contributed by atoms with van der Waals surface area (Å²) >= 11 is 0. The zero-order chi connectivity index (χ0) is 19.7. The van der Waals surface area contributed by atoms with E-state index in [0.717, 1.165) is 18.5 Å². The smallest absolute Gasteiger partial charge is 0.249 e. The van der Waals surface area contributed by atoms with Crippen molar-refractivity contribution in [2.75, 3.05) is 25.7 Å². The van der Waals surface area contributed by atoms with E-state index in [1.807, 2.05) is 12.1 Å². The van der Waals surface area contributed by atoms with Crippen LogP contribution in [0.2, 0.25) is 0 Å². The molecule has 3 unspecified atom stereocenters. The van der Waals surface area contributed by atoms with Gasteiger partial charge in [0.2, 0.25) is 11.8 Å². The summed E-state index contributed by atoms with van der Waals surface area (Å²) in [5.41, 5.74) is 0.730. The number of anilines is 1. The Kier molecular flexibility index (Phi) is 6.90. The molecule has 2 bridgehead atoms. The quantitative estimate of drug-likeness (QED) is 0.733. The lowest BCUT2D eigenvalue weighted by atomic mass is 9.89. The molecule has 160 valence electrons. The van der Waals surface area contributed by atoms with Gasteiger partial charge >= 0.3 is 0 Å². The number of methoxy groups -OCH3 is 2. The van der Waals surface area contributed by atoms with E-state index in [1.54, 1.807) is 25.2 Å². The predicted octanol–water partition coefficient (Wildman–Crippen LogP) is 2.27. The fraction of sp³-hybridized carbons (Fsp3) is 0.619. The van der Waals surface area contributed by atoms with Crippen LogP contribution in [0.15, 0.2) is 18.2 Å². The first-order valence-electron chi connectivity index (χ1n) is 10.2. The van der Waals surface area contributed by atoms with Gasteiger partial charge in [0.1, 0.15) is 17.5 Å². The molecule has 0 spiro atoms. The second-order valence-corrected chi connectivity index (χ2v) is 8.15. The highest BCUT2D eigenvalue weighted by atomic mass is 35.5. The number of piperidine rings is 1. The van der Waals surface area contributed by atoms with Crippen molar-refractivity contribution in [3.05, 3.63) is 18.2 Å². The van der Waals surface area contributed by atoms with Gasteiger partial charge in [0.15, 0.2) is 0 Å². The molecule has 0 saturated carbocycles. The Morgan fingerprint density at radius 1 is 1.10 bits per heavy atom. The van der Waals surface area contributed by atoms with Crippen molar-refractivity contribution in [3.63, 3.8) is 0 Å². The highest BCUT2D eigenvalue weighted by Gasteiger charge is 2.37. The third-order valence-corrected chi connectivity index (χ3v) is 6.23. The molecule has 3 heterocycles. The van der Waals surface area contributed by atoms with Gasteiger partial charge in [-0.1, -0.05) is 0 Å². The first kappa shape index (κ1) is 21.7. The summed E-state index contributed by atoms with van der Waals surface area (Å²) in [6, 6.07) is 6.09. The molecular weight excluding hydrogens is 394 g/mol. The molecule has 7 nitrogen and oxygen atoms in total. The fourth-order valence-corrected chi connectivity index (χ4v) is 4.88. The number of carbonyl (C=O) groups is 2. The molecule has 3 aliphatic rings. The molecule has 0 aromatic heterocycles. The van der Waals surface area contributed by atoms with E-state index in [2.05, 4.69) is 10.6 Å². The molecule has 1 aromatic carbocycles. The van der Waals surface area contributed by atoms with Gasteiger partial charge in [0.05, 0.1) is 19.9 Å². The van der Waals surface area contributed by atoms with Crippen molar-refractivity contribution < 1.29 is 19.1 Å². The summed E-state index contributed by atoms with van der Waals surface area (Å²) in [5.74, 6) is 1.61. The average Bonchev–Trinajstić information content (AvgIpc) is 3.23. The number of nitrogens with one attached hydrogen (secondary N) is 2. The number of nitrogens with zero attached hydrogens (tertiary/aromatic N) is 1. The molecule has 29 heavy (non-hydrogen) atoms. The zero-order valence-electron chi connectivity index (χ0n) is 17.0. The minimum absolute atomic E-state index is 0. The summed E-state index contributed by atoms with van der Waals surface area (Å²) in [4.78, 5) is 27.1. The Bertz CT molecular complexity index is 725. The van der Waals surface area contributed by atoms with Crippen molar-refractivity contribution in [1.29, 1.82) is 0 Å². The van der Waals surface area contributed by atoms with Gasteiger partial charge in [0.25, 0.3) is 0 Å². The molecule has 4 rings (SSSR count). The first-order valence-corrected chi connectivity index (χ1v) is 10.2. The number of hydrogen-bond donors (Lipinski definition) is 2. The van der Waals surface area contributed by atoms with E-state index in [-0.39, 0.29) is 24.2 Å². The van der Waals surface area contributed by atoms with Crippen LogP contribution in [0.5, 0.6) is 11.5 Å². The lowest BCUT2D eigenvalue weighted by Crippen LogP contribution is -2.44. The Morgan fingerprint density at radius 3 is 2.31 bits per heavy atom. The van der Waals surface area contributed by atoms with Gasteiger partial charge in [0, 0.05) is 43.2 Å². The molecule has 0 radical (unpaired) electrons. The number of fused-ring (bicyclic) bond motifs is 2. The molecule has 2 N–H and O–H groups in total. The molecule has 1 aromatic rings. The summed E-state index contributed by atoms with van der Waals surface area (Å²) in [7, 11) is 3.17. The van der Waals surface area contributed by atoms with E-state index in [1.165, 1.54) is 12.8 Å². The van der Waals surface area contributed by atoms with Crippen LogP contribution in [0.25, 0.3) is 0 Å². The number of hydrogen-bond acceptors (Lipinski definition) is 5. The van der Waals surface area contributed by atoms with Crippen molar-refractivity contribution in [2.24, 2.45) is 5.92 Å². The minimum Gasteiger partial charge on any atom is -0.497 e. The van der Waals surface area contributed by atoms with Gasteiger partial charge in [-0.15, -0.1) is 12.4 Å². The second kappa shape index (κ2) is 9.22. The molecule has 3 atom stereocenters. The van der Waals surface area contributed by atoms with Crippen molar-refractivity contribution in [1.82, 2.24) is 10.6 Å². The molecule has 3 saturated heterocycles. The molecule has 0 aliphatic carbocycles. The Labute approximate surface area is 177 Å². The Hall–Kier alpha value is -1.99. The van der Waals surface area contributed by atoms with Gasteiger partial charge in [-0.3, -0.25) is 9.59 Å². The molecule has 2 amide bonds. The lowest BCUT2D eigenvalue weighted by molar-refractivity contribution is -0.127. The van der Waals surface area contributed by atoms with E-state index in [4.69, 9.17) is 9.47 Å². The molecule has 8 heteroatoms. The van der Waals surface area contributed by atoms with Crippen LogP contribution < -0.4 is 25.0 Å². The van der Waals surface area contributed by atoms with Gasteiger partial charge in [-0.05, 0) is 38.0 Å². The normalized spacial score (nSPS) is 28.1. The van der Waals surface area contributed by atoms with E-state index < -0.39 is 6.04 Å². The topological polar surface area (TPSA) is 79.9 Å². The van der Waals surface area contributed by atoms with Gasteiger partial charge in [-0.2, -0.15) is 0 Å². The number of amides is 2. The third-order valence-electron chi connectivity index (χ3n) is 6.23. The number of benzene rings is 1. The highest BCUT2D eigenvalue weighted by Crippen LogP contribution is 2.33. The summed E-state index contributed by atoms with van der Waals surface area (Å²) < 4.78 is 10.6. The highest BCUT2D eigenvalue weighted by molar-refractivity contribution is 6.01. The maximum Gasteiger partial charge on any atom is 0.249 e. The van der Waals surface area contributed by atoms with Crippen molar-refractivity contribution >= 4 is 29.9 Å². The van der Waals surface area contributed by atoms with E-state index >= 15 is 0 Å². The zero-order valence-corrected chi connectivity index (χ0v) is 17.8. The lowest BCUT2D eigenvalue weighted by Gasteiger charge is -2.28. The standard InChI is InChI=1S/C21H29N3O4.ClH/c1-27-17-10-16(11-18(12-17)28-2)24-6-5-19(21(24)26)23-20(25)9-13-7-14-3-4-15(8-13)22-14;/h10-15,19,22H,3-9H2,1-2H3,(H,23,25);1H. The first-order chi connectivity index (χ1) is 13.6. The molecular formula is C21H30ClN3O4. The average molecular weight is 424 g/mol. The van der Waals surface area contributed by atoms with Crippen LogP contribution in [0, 0.1) is 5.92 Å². The van der Waals surface area contributed by atoms with E-state index in [0.29, 0.717) is 48.9 Å². The largest absolute Gasteiger partial charge is 0.497 e. The maximum absolute atomic E-state index is 12.9. The number of ether oxygens (including phenoxy) is 2. The predicted molar refractivity (Wildman–Crippen MR) is 113 cm³/mol. The van der Waals surface area contributed by atoms with Crippen LogP contribution in [-0.4, -0.2) is 50.7 Å².